The Labute approximate surface area is 108 Å². The lowest BCUT2D eigenvalue weighted by Gasteiger charge is -2.17. The summed E-state index contributed by atoms with van der Waals surface area (Å²) >= 11 is 0. The maximum atomic E-state index is 11.6. The highest BCUT2D eigenvalue weighted by molar-refractivity contribution is 5.67. The molecule has 0 radical (unpaired) electrons. The molecule has 18 heavy (non-hydrogen) atoms. The zero-order valence-electron chi connectivity index (χ0n) is 11.3. The maximum Gasteiger partial charge on any atom is 0.409 e. The molecule has 0 aliphatic carbocycles. The van der Waals surface area contributed by atoms with Gasteiger partial charge in [0.15, 0.2) is 0 Å². The van der Waals surface area contributed by atoms with Gasteiger partial charge in [-0.3, -0.25) is 0 Å². The van der Waals surface area contributed by atoms with Gasteiger partial charge in [-0.05, 0) is 31.0 Å². The summed E-state index contributed by atoms with van der Waals surface area (Å²) in [4.78, 5) is 13.1. The summed E-state index contributed by atoms with van der Waals surface area (Å²) in [6.45, 7) is 5.58. The van der Waals surface area contributed by atoms with Gasteiger partial charge >= 0.3 is 6.09 Å². The van der Waals surface area contributed by atoms with Crippen molar-refractivity contribution in [2.75, 3.05) is 20.3 Å². The van der Waals surface area contributed by atoms with Crippen LogP contribution in [0.4, 0.5) is 4.79 Å². The monoisotopic (exact) mass is 251 g/mol. The molecule has 0 saturated heterocycles. The SMILES string of the molecule is CCCOC(=O)N(C)Cc1ccc(OCC)cc1. The third-order valence-electron chi connectivity index (χ3n) is 2.40. The van der Waals surface area contributed by atoms with Gasteiger partial charge in [0.2, 0.25) is 0 Å². The summed E-state index contributed by atoms with van der Waals surface area (Å²) < 4.78 is 10.4. The number of benzene rings is 1. The molecule has 100 valence electrons. The normalized spacial score (nSPS) is 9.94. The van der Waals surface area contributed by atoms with Gasteiger partial charge in [0, 0.05) is 13.6 Å². The number of hydrogen-bond acceptors (Lipinski definition) is 3. The molecule has 0 aromatic heterocycles. The van der Waals surface area contributed by atoms with Crippen LogP contribution in [0, 0.1) is 0 Å². The van der Waals surface area contributed by atoms with Gasteiger partial charge in [-0.25, -0.2) is 4.79 Å². The minimum Gasteiger partial charge on any atom is -0.494 e. The van der Waals surface area contributed by atoms with Crippen LogP contribution in [0.1, 0.15) is 25.8 Å². The number of amides is 1. The molecule has 1 aromatic rings. The van der Waals surface area contributed by atoms with Crippen LogP contribution in [0.3, 0.4) is 0 Å². The van der Waals surface area contributed by atoms with E-state index in [0.717, 1.165) is 17.7 Å². The molecule has 1 aromatic carbocycles. The lowest BCUT2D eigenvalue weighted by Crippen LogP contribution is -2.27. The smallest absolute Gasteiger partial charge is 0.409 e. The van der Waals surface area contributed by atoms with E-state index in [-0.39, 0.29) is 6.09 Å². The molecule has 1 amide bonds. The van der Waals surface area contributed by atoms with Crippen LogP contribution in [0.5, 0.6) is 5.75 Å². The Bertz CT molecular complexity index is 362. The molecule has 1 rings (SSSR count). The number of nitrogens with zero attached hydrogens (tertiary/aromatic N) is 1. The number of ether oxygens (including phenoxy) is 2. The van der Waals surface area contributed by atoms with Crippen molar-refractivity contribution >= 4 is 6.09 Å². The standard InChI is InChI=1S/C14H21NO3/c1-4-10-18-14(16)15(3)11-12-6-8-13(9-7-12)17-5-2/h6-9H,4-5,10-11H2,1-3H3. The van der Waals surface area contributed by atoms with E-state index in [1.165, 1.54) is 0 Å². The number of carbonyl (C=O) groups excluding carboxylic acids is 1. The second kappa shape index (κ2) is 7.58. The van der Waals surface area contributed by atoms with Crippen LogP contribution in [-0.2, 0) is 11.3 Å². The first kappa shape index (κ1) is 14.4. The lowest BCUT2D eigenvalue weighted by atomic mass is 10.2. The fraction of sp³-hybridized carbons (Fsp3) is 0.500. The Morgan fingerprint density at radius 3 is 2.44 bits per heavy atom. The molecule has 0 aliphatic rings. The molecule has 0 heterocycles. The third-order valence-corrected chi connectivity index (χ3v) is 2.40. The van der Waals surface area contributed by atoms with Crippen LogP contribution in [0.15, 0.2) is 24.3 Å². The van der Waals surface area contributed by atoms with Crippen molar-refractivity contribution in [3.8, 4) is 5.75 Å². The minimum atomic E-state index is -0.286. The van der Waals surface area contributed by atoms with E-state index in [1.54, 1.807) is 11.9 Å². The lowest BCUT2D eigenvalue weighted by molar-refractivity contribution is 0.109. The van der Waals surface area contributed by atoms with Crippen LogP contribution < -0.4 is 4.74 Å². The van der Waals surface area contributed by atoms with Crippen molar-refractivity contribution < 1.29 is 14.3 Å². The summed E-state index contributed by atoms with van der Waals surface area (Å²) in [5.74, 6) is 0.845. The Balaban J connectivity index is 2.48. The van der Waals surface area contributed by atoms with Crippen molar-refractivity contribution in [3.05, 3.63) is 29.8 Å². The zero-order valence-corrected chi connectivity index (χ0v) is 11.3. The van der Waals surface area contributed by atoms with Crippen molar-refractivity contribution in [2.45, 2.75) is 26.8 Å². The second-order valence-corrected chi connectivity index (χ2v) is 4.05. The van der Waals surface area contributed by atoms with Crippen molar-refractivity contribution in [3.63, 3.8) is 0 Å². The van der Waals surface area contributed by atoms with Crippen LogP contribution >= 0.6 is 0 Å². The van der Waals surface area contributed by atoms with E-state index in [9.17, 15) is 4.79 Å². The van der Waals surface area contributed by atoms with Crippen molar-refractivity contribution in [1.29, 1.82) is 0 Å². The fourth-order valence-electron chi connectivity index (χ4n) is 1.50. The van der Waals surface area contributed by atoms with Gasteiger partial charge in [-0.2, -0.15) is 0 Å². The van der Waals surface area contributed by atoms with Crippen LogP contribution in [0.2, 0.25) is 0 Å². The Morgan fingerprint density at radius 2 is 1.89 bits per heavy atom. The average molecular weight is 251 g/mol. The summed E-state index contributed by atoms with van der Waals surface area (Å²) in [6, 6.07) is 7.72. The molecule has 0 fully saturated rings. The van der Waals surface area contributed by atoms with E-state index < -0.39 is 0 Å². The molecule has 0 saturated carbocycles. The molecule has 0 spiro atoms. The number of hydrogen-bond donors (Lipinski definition) is 0. The van der Waals surface area contributed by atoms with Gasteiger partial charge < -0.3 is 14.4 Å². The summed E-state index contributed by atoms with van der Waals surface area (Å²) in [6.07, 6.45) is 0.550. The molecule has 0 N–H and O–H groups in total. The maximum absolute atomic E-state index is 11.6. The number of carbonyl (C=O) groups is 1. The van der Waals surface area contributed by atoms with Gasteiger partial charge in [-0.15, -0.1) is 0 Å². The Morgan fingerprint density at radius 1 is 1.22 bits per heavy atom. The average Bonchev–Trinajstić information content (AvgIpc) is 2.38. The zero-order chi connectivity index (χ0) is 13.4. The third kappa shape index (κ3) is 4.65. The molecule has 0 bridgehead atoms. The first-order valence-corrected chi connectivity index (χ1v) is 6.27. The quantitative estimate of drug-likeness (QED) is 0.780. The molecular weight excluding hydrogens is 230 g/mol. The molecule has 0 atom stereocenters. The Kier molecular flexibility index (Phi) is 6.05. The van der Waals surface area contributed by atoms with E-state index >= 15 is 0 Å². The fourth-order valence-corrected chi connectivity index (χ4v) is 1.50. The molecule has 4 heteroatoms. The highest BCUT2D eigenvalue weighted by Crippen LogP contribution is 2.13. The van der Waals surface area contributed by atoms with E-state index in [2.05, 4.69) is 0 Å². The highest BCUT2D eigenvalue weighted by atomic mass is 16.6. The first-order valence-electron chi connectivity index (χ1n) is 6.27. The van der Waals surface area contributed by atoms with Crippen molar-refractivity contribution in [1.82, 2.24) is 4.90 Å². The topological polar surface area (TPSA) is 38.8 Å². The highest BCUT2D eigenvalue weighted by Gasteiger charge is 2.09. The summed E-state index contributed by atoms with van der Waals surface area (Å²) in [5, 5.41) is 0. The number of rotatable bonds is 6. The van der Waals surface area contributed by atoms with Crippen LogP contribution in [-0.4, -0.2) is 31.3 Å². The second-order valence-electron chi connectivity index (χ2n) is 4.05. The van der Waals surface area contributed by atoms with E-state index in [0.29, 0.717) is 19.8 Å². The molecular formula is C14H21NO3. The van der Waals surface area contributed by atoms with Gasteiger partial charge in [-0.1, -0.05) is 19.1 Å². The van der Waals surface area contributed by atoms with E-state index in [1.807, 2.05) is 38.1 Å². The molecule has 0 aliphatic heterocycles. The van der Waals surface area contributed by atoms with Gasteiger partial charge in [0.25, 0.3) is 0 Å². The predicted molar refractivity (Wildman–Crippen MR) is 70.7 cm³/mol. The summed E-state index contributed by atoms with van der Waals surface area (Å²) in [7, 11) is 1.73. The molecule has 4 nitrogen and oxygen atoms in total. The van der Waals surface area contributed by atoms with Crippen molar-refractivity contribution in [2.24, 2.45) is 0 Å². The van der Waals surface area contributed by atoms with Crippen LogP contribution in [0.25, 0.3) is 0 Å². The van der Waals surface area contributed by atoms with E-state index in [4.69, 9.17) is 9.47 Å². The largest absolute Gasteiger partial charge is 0.494 e. The molecule has 0 unspecified atom stereocenters. The summed E-state index contributed by atoms with van der Waals surface area (Å²) in [5.41, 5.74) is 1.05. The first-order chi connectivity index (χ1) is 8.67. The minimum absolute atomic E-state index is 0.286. The predicted octanol–water partition coefficient (Wildman–Crippen LogP) is 3.06. The Hall–Kier alpha value is -1.71. The van der Waals surface area contributed by atoms with Gasteiger partial charge in [0.05, 0.1) is 13.2 Å². The van der Waals surface area contributed by atoms with Gasteiger partial charge in [0.1, 0.15) is 5.75 Å².